The predicted molar refractivity (Wildman–Crippen MR) is 83.2 cm³/mol. The number of hydrogen-bond donors (Lipinski definition) is 4. The topological polar surface area (TPSA) is 101 Å². The Kier molecular flexibility index (Phi) is 4.92. The number of amides is 1. The lowest BCUT2D eigenvalue weighted by Gasteiger charge is -2.10. The minimum absolute atomic E-state index is 0.359. The maximum absolute atomic E-state index is 11.5. The minimum atomic E-state index is -0.876. The molecular formula is C16H19N3O2. The first-order valence-corrected chi connectivity index (χ1v) is 6.69. The number of aliphatic hydroxyl groups is 1. The molecule has 0 aliphatic rings. The van der Waals surface area contributed by atoms with Gasteiger partial charge in [-0.15, -0.1) is 0 Å². The molecule has 2 aromatic carbocycles. The molecule has 110 valence electrons. The van der Waals surface area contributed by atoms with Gasteiger partial charge < -0.3 is 21.9 Å². The Morgan fingerprint density at radius 2 is 1.57 bits per heavy atom. The van der Waals surface area contributed by atoms with Crippen LogP contribution in [0.3, 0.4) is 0 Å². The number of nitrogen functional groups attached to an aromatic ring is 1. The first-order chi connectivity index (χ1) is 10.1. The molecule has 0 aromatic heterocycles. The van der Waals surface area contributed by atoms with E-state index in [0.29, 0.717) is 6.54 Å². The van der Waals surface area contributed by atoms with E-state index in [-0.39, 0.29) is 12.5 Å². The molecule has 0 saturated carbocycles. The van der Waals surface area contributed by atoms with Crippen LogP contribution in [-0.4, -0.2) is 23.7 Å². The van der Waals surface area contributed by atoms with Crippen molar-refractivity contribution in [1.29, 1.82) is 0 Å². The van der Waals surface area contributed by atoms with Gasteiger partial charge in [0.25, 0.3) is 0 Å². The maximum Gasteiger partial charge on any atom is 0.239 e. The van der Waals surface area contributed by atoms with Crippen molar-refractivity contribution in [3.8, 4) is 11.1 Å². The fraction of sp³-hybridized carbons (Fsp3) is 0.188. The van der Waals surface area contributed by atoms with Crippen molar-refractivity contribution in [3.63, 3.8) is 0 Å². The molecule has 5 heteroatoms. The van der Waals surface area contributed by atoms with E-state index in [1.165, 1.54) is 0 Å². The standard InChI is InChI=1S/C16H19N3O2/c17-14-7-5-13(6-8-14)12-3-1-11(2-4-12)9-19-16(21)15(18)10-20/h1-8,15,20H,9-10,17-18H2,(H,19,21)/t15-/m1/s1. The van der Waals surface area contributed by atoms with E-state index < -0.39 is 6.04 Å². The smallest absolute Gasteiger partial charge is 0.239 e. The van der Waals surface area contributed by atoms with Crippen molar-refractivity contribution in [2.75, 3.05) is 12.3 Å². The zero-order chi connectivity index (χ0) is 15.2. The van der Waals surface area contributed by atoms with Gasteiger partial charge in [-0.2, -0.15) is 0 Å². The predicted octanol–water partition coefficient (Wildman–Crippen LogP) is 0.872. The summed E-state index contributed by atoms with van der Waals surface area (Å²) in [6.45, 7) is 0.0243. The fourth-order valence-corrected chi connectivity index (χ4v) is 1.89. The molecule has 0 aliphatic carbocycles. The van der Waals surface area contributed by atoms with Crippen LogP contribution in [0.2, 0.25) is 0 Å². The quantitative estimate of drug-likeness (QED) is 0.612. The van der Waals surface area contributed by atoms with Gasteiger partial charge in [0.15, 0.2) is 0 Å². The van der Waals surface area contributed by atoms with E-state index >= 15 is 0 Å². The van der Waals surface area contributed by atoms with Gasteiger partial charge >= 0.3 is 0 Å². The lowest BCUT2D eigenvalue weighted by molar-refractivity contribution is -0.123. The molecule has 0 radical (unpaired) electrons. The number of nitrogens with two attached hydrogens (primary N) is 2. The van der Waals surface area contributed by atoms with Gasteiger partial charge in [-0.05, 0) is 28.8 Å². The highest BCUT2D eigenvalue weighted by Gasteiger charge is 2.10. The van der Waals surface area contributed by atoms with Gasteiger partial charge in [0.1, 0.15) is 6.04 Å². The molecule has 0 fully saturated rings. The number of aliphatic hydroxyl groups excluding tert-OH is 1. The number of nitrogens with one attached hydrogen (secondary N) is 1. The lowest BCUT2D eigenvalue weighted by atomic mass is 10.0. The third-order valence-electron chi connectivity index (χ3n) is 3.20. The van der Waals surface area contributed by atoms with E-state index in [2.05, 4.69) is 5.32 Å². The van der Waals surface area contributed by atoms with Gasteiger partial charge in [-0.1, -0.05) is 36.4 Å². The Bertz CT molecular complexity index is 594. The second-order valence-corrected chi connectivity index (χ2v) is 4.83. The Morgan fingerprint density at radius 3 is 2.10 bits per heavy atom. The highest BCUT2D eigenvalue weighted by molar-refractivity contribution is 5.81. The van der Waals surface area contributed by atoms with Gasteiger partial charge in [-0.3, -0.25) is 4.79 Å². The second-order valence-electron chi connectivity index (χ2n) is 4.83. The summed E-state index contributed by atoms with van der Waals surface area (Å²) in [6, 6.07) is 14.6. The molecule has 6 N–H and O–H groups in total. The average Bonchev–Trinajstić information content (AvgIpc) is 2.53. The normalized spacial score (nSPS) is 11.9. The number of carbonyl (C=O) groups is 1. The molecule has 0 aliphatic heterocycles. The van der Waals surface area contributed by atoms with Crippen LogP contribution in [-0.2, 0) is 11.3 Å². The van der Waals surface area contributed by atoms with Crippen LogP contribution in [0.5, 0.6) is 0 Å². The zero-order valence-corrected chi connectivity index (χ0v) is 11.6. The van der Waals surface area contributed by atoms with Gasteiger partial charge in [0, 0.05) is 12.2 Å². The largest absolute Gasteiger partial charge is 0.399 e. The minimum Gasteiger partial charge on any atom is -0.399 e. The van der Waals surface area contributed by atoms with Gasteiger partial charge in [0.2, 0.25) is 5.91 Å². The maximum atomic E-state index is 11.5. The third kappa shape index (κ3) is 4.05. The Balaban J connectivity index is 1.99. The van der Waals surface area contributed by atoms with Crippen LogP contribution in [0, 0.1) is 0 Å². The molecule has 0 saturated heterocycles. The summed E-state index contributed by atoms with van der Waals surface area (Å²) in [5, 5.41) is 11.5. The van der Waals surface area contributed by atoms with Crippen molar-refractivity contribution >= 4 is 11.6 Å². The highest BCUT2D eigenvalue weighted by atomic mass is 16.3. The summed E-state index contributed by atoms with van der Waals surface area (Å²) in [5.41, 5.74) is 15.0. The van der Waals surface area contributed by atoms with Crippen molar-refractivity contribution in [1.82, 2.24) is 5.32 Å². The van der Waals surface area contributed by atoms with Crippen LogP contribution in [0.4, 0.5) is 5.69 Å². The van der Waals surface area contributed by atoms with E-state index in [1.54, 1.807) is 0 Å². The molecule has 0 bridgehead atoms. The number of benzene rings is 2. The SMILES string of the molecule is Nc1ccc(-c2ccc(CNC(=O)[C@H](N)CO)cc2)cc1. The Hall–Kier alpha value is -2.37. The summed E-state index contributed by atoms with van der Waals surface area (Å²) in [6.07, 6.45) is 0. The highest BCUT2D eigenvalue weighted by Crippen LogP contribution is 2.20. The molecule has 2 rings (SSSR count). The summed E-state index contributed by atoms with van der Waals surface area (Å²) in [7, 11) is 0. The summed E-state index contributed by atoms with van der Waals surface area (Å²) in [4.78, 5) is 11.5. The summed E-state index contributed by atoms with van der Waals surface area (Å²) >= 11 is 0. The molecule has 5 nitrogen and oxygen atoms in total. The van der Waals surface area contributed by atoms with Crippen LogP contribution in [0.1, 0.15) is 5.56 Å². The second kappa shape index (κ2) is 6.88. The van der Waals surface area contributed by atoms with E-state index in [4.69, 9.17) is 16.6 Å². The monoisotopic (exact) mass is 285 g/mol. The summed E-state index contributed by atoms with van der Waals surface area (Å²) < 4.78 is 0. The van der Waals surface area contributed by atoms with Crippen LogP contribution in [0.25, 0.3) is 11.1 Å². The number of hydrogen-bond acceptors (Lipinski definition) is 4. The lowest BCUT2D eigenvalue weighted by Crippen LogP contribution is -2.42. The molecule has 2 aromatic rings. The Morgan fingerprint density at radius 1 is 1.05 bits per heavy atom. The molecule has 1 atom stereocenters. The van der Waals surface area contributed by atoms with Crippen molar-refractivity contribution in [2.45, 2.75) is 12.6 Å². The van der Waals surface area contributed by atoms with Crippen molar-refractivity contribution < 1.29 is 9.90 Å². The third-order valence-corrected chi connectivity index (χ3v) is 3.20. The van der Waals surface area contributed by atoms with Gasteiger partial charge in [0.05, 0.1) is 6.61 Å². The molecule has 0 heterocycles. The molecule has 21 heavy (non-hydrogen) atoms. The number of carbonyl (C=O) groups excluding carboxylic acids is 1. The first-order valence-electron chi connectivity index (χ1n) is 6.69. The fourth-order valence-electron chi connectivity index (χ4n) is 1.89. The van der Waals surface area contributed by atoms with Gasteiger partial charge in [-0.25, -0.2) is 0 Å². The van der Waals surface area contributed by atoms with Crippen LogP contribution >= 0.6 is 0 Å². The van der Waals surface area contributed by atoms with Crippen LogP contribution < -0.4 is 16.8 Å². The first kappa shape index (κ1) is 15.0. The molecule has 0 spiro atoms. The molecule has 1 amide bonds. The summed E-state index contributed by atoms with van der Waals surface area (Å²) in [5.74, 6) is -0.361. The molecule has 0 unspecified atom stereocenters. The number of rotatable bonds is 5. The Labute approximate surface area is 123 Å². The van der Waals surface area contributed by atoms with E-state index in [9.17, 15) is 4.79 Å². The van der Waals surface area contributed by atoms with E-state index in [1.807, 2.05) is 48.5 Å². The van der Waals surface area contributed by atoms with E-state index in [0.717, 1.165) is 22.4 Å². The zero-order valence-electron chi connectivity index (χ0n) is 11.6. The molecular weight excluding hydrogens is 266 g/mol. The average molecular weight is 285 g/mol. The van der Waals surface area contributed by atoms with Crippen LogP contribution in [0.15, 0.2) is 48.5 Å². The number of anilines is 1. The van der Waals surface area contributed by atoms with Crippen molar-refractivity contribution in [3.05, 3.63) is 54.1 Å². The van der Waals surface area contributed by atoms with Crippen molar-refractivity contribution in [2.24, 2.45) is 5.73 Å².